The minimum atomic E-state index is -0.236. The molecule has 0 aliphatic carbocycles. The normalized spacial score (nSPS) is 12.5. The Balaban J connectivity index is 2.14. The van der Waals surface area contributed by atoms with Gasteiger partial charge in [0.15, 0.2) is 10.6 Å². The highest BCUT2D eigenvalue weighted by molar-refractivity contribution is 7.71. The topological polar surface area (TPSA) is 33.6 Å². The van der Waals surface area contributed by atoms with Gasteiger partial charge < -0.3 is 0 Å². The summed E-state index contributed by atoms with van der Waals surface area (Å²) >= 11 is 6.87. The molecular formula is C14H12FN3S2. The van der Waals surface area contributed by atoms with Crippen molar-refractivity contribution in [2.24, 2.45) is 0 Å². The van der Waals surface area contributed by atoms with Crippen LogP contribution in [0.2, 0.25) is 0 Å². The summed E-state index contributed by atoms with van der Waals surface area (Å²) in [6.07, 6.45) is 0. The zero-order chi connectivity index (χ0) is 14.1. The average molecular weight is 305 g/mol. The van der Waals surface area contributed by atoms with Crippen molar-refractivity contribution in [1.82, 2.24) is 14.8 Å². The summed E-state index contributed by atoms with van der Waals surface area (Å²) in [5.74, 6) is 0.501. The molecule has 2 aromatic heterocycles. The molecule has 0 fully saturated rings. The number of hydrogen-bond donors (Lipinski definition) is 1. The summed E-state index contributed by atoms with van der Waals surface area (Å²) in [5, 5.41) is 9.04. The van der Waals surface area contributed by atoms with E-state index >= 15 is 0 Å². The van der Waals surface area contributed by atoms with Gasteiger partial charge >= 0.3 is 0 Å². The van der Waals surface area contributed by atoms with Gasteiger partial charge in [-0.25, -0.2) is 4.39 Å². The summed E-state index contributed by atoms with van der Waals surface area (Å²) in [4.78, 5) is 1.00. The van der Waals surface area contributed by atoms with Crippen molar-refractivity contribution in [2.75, 3.05) is 0 Å². The molecule has 3 nitrogen and oxygen atoms in total. The van der Waals surface area contributed by atoms with Crippen molar-refractivity contribution in [3.05, 3.63) is 57.9 Å². The summed E-state index contributed by atoms with van der Waals surface area (Å²) < 4.78 is 16.3. The minimum absolute atomic E-state index is 0.223. The first-order valence-corrected chi connectivity index (χ1v) is 7.42. The molecule has 2 heterocycles. The Labute approximate surface area is 124 Å². The number of rotatable bonds is 3. The quantitative estimate of drug-likeness (QED) is 0.727. The van der Waals surface area contributed by atoms with Gasteiger partial charge in [0, 0.05) is 5.56 Å². The molecule has 20 heavy (non-hydrogen) atoms. The number of halogens is 1. The number of thiophene rings is 1. The Bertz CT molecular complexity index is 774. The lowest BCUT2D eigenvalue weighted by Gasteiger charge is -2.16. The van der Waals surface area contributed by atoms with Crippen LogP contribution in [0, 0.1) is 10.6 Å². The monoisotopic (exact) mass is 305 g/mol. The molecule has 0 saturated carbocycles. The predicted molar refractivity (Wildman–Crippen MR) is 80.9 cm³/mol. The van der Waals surface area contributed by atoms with E-state index in [9.17, 15) is 4.39 Å². The van der Waals surface area contributed by atoms with E-state index in [2.05, 4.69) is 10.2 Å². The predicted octanol–water partition coefficient (Wildman–Crippen LogP) is 4.42. The molecule has 1 aromatic carbocycles. The maximum Gasteiger partial charge on any atom is 0.196 e. The highest BCUT2D eigenvalue weighted by atomic mass is 32.1. The molecule has 0 bridgehead atoms. The van der Waals surface area contributed by atoms with E-state index in [0.29, 0.717) is 10.3 Å². The van der Waals surface area contributed by atoms with Gasteiger partial charge in [-0.15, -0.1) is 11.3 Å². The molecule has 0 saturated heterocycles. The first-order chi connectivity index (χ1) is 9.68. The van der Waals surface area contributed by atoms with Crippen LogP contribution in [-0.2, 0) is 0 Å². The third-order valence-electron chi connectivity index (χ3n) is 3.19. The molecule has 1 unspecified atom stereocenters. The molecule has 0 aliphatic rings. The van der Waals surface area contributed by atoms with E-state index in [4.69, 9.17) is 12.2 Å². The Morgan fingerprint density at radius 2 is 2.10 bits per heavy atom. The lowest BCUT2D eigenvalue weighted by Crippen LogP contribution is -2.10. The number of benzene rings is 1. The van der Waals surface area contributed by atoms with Crippen molar-refractivity contribution in [2.45, 2.75) is 13.0 Å². The van der Waals surface area contributed by atoms with Gasteiger partial charge in [-0.1, -0.05) is 24.3 Å². The first kappa shape index (κ1) is 13.2. The highest BCUT2D eigenvalue weighted by Crippen LogP contribution is 2.29. The van der Waals surface area contributed by atoms with Gasteiger partial charge in [0.05, 0.1) is 10.9 Å². The second-order valence-electron chi connectivity index (χ2n) is 4.40. The van der Waals surface area contributed by atoms with Crippen molar-refractivity contribution in [1.29, 1.82) is 0 Å². The second kappa shape index (κ2) is 5.30. The van der Waals surface area contributed by atoms with E-state index in [-0.39, 0.29) is 11.9 Å². The van der Waals surface area contributed by atoms with Gasteiger partial charge in [0.25, 0.3) is 0 Å². The van der Waals surface area contributed by atoms with Crippen LogP contribution in [0.15, 0.2) is 41.8 Å². The average Bonchev–Trinajstić information content (AvgIpc) is 3.07. The fraction of sp³-hybridized carbons (Fsp3) is 0.143. The molecule has 1 atom stereocenters. The summed E-state index contributed by atoms with van der Waals surface area (Å²) in [5.41, 5.74) is 0.600. The molecule has 6 heteroatoms. The molecular weight excluding hydrogens is 293 g/mol. The summed E-state index contributed by atoms with van der Waals surface area (Å²) in [6.45, 7) is 1.92. The van der Waals surface area contributed by atoms with Crippen molar-refractivity contribution < 1.29 is 4.39 Å². The first-order valence-electron chi connectivity index (χ1n) is 6.13. The molecule has 1 N–H and O–H groups in total. The molecule has 0 radical (unpaired) electrons. The number of aromatic amines is 1. The van der Waals surface area contributed by atoms with E-state index in [1.54, 1.807) is 23.5 Å². The molecule has 0 amide bonds. The fourth-order valence-electron chi connectivity index (χ4n) is 2.20. The zero-order valence-corrected chi connectivity index (χ0v) is 12.3. The molecule has 0 spiro atoms. The Morgan fingerprint density at radius 3 is 2.80 bits per heavy atom. The molecule has 0 aliphatic heterocycles. The van der Waals surface area contributed by atoms with Crippen LogP contribution in [0.3, 0.4) is 0 Å². The summed E-state index contributed by atoms with van der Waals surface area (Å²) in [7, 11) is 0. The zero-order valence-electron chi connectivity index (χ0n) is 10.7. The SMILES string of the molecule is CC(c1ccccc1F)n1c(-c2cccs2)n[nH]c1=S. The highest BCUT2D eigenvalue weighted by Gasteiger charge is 2.18. The van der Waals surface area contributed by atoms with E-state index in [0.717, 1.165) is 10.7 Å². The van der Waals surface area contributed by atoms with Crippen LogP contribution in [0.1, 0.15) is 18.5 Å². The standard InChI is InChI=1S/C14H12FN3S2/c1-9(10-5-2-3-6-11(10)15)18-13(16-17-14(18)19)12-7-4-8-20-12/h2-9H,1H3,(H,17,19). The Hall–Kier alpha value is -1.79. The number of nitrogens with one attached hydrogen (secondary N) is 1. The van der Waals surface area contributed by atoms with Gasteiger partial charge in [0.1, 0.15) is 5.82 Å². The Kier molecular flexibility index (Phi) is 3.50. The van der Waals surface area contributed by atoms with Crippen LogP contribution in [0.5, 0.6) is 0 Å². The maximum atomic E-state index is 14.0. The van der Waals surface area contributed by atoms with Gasteiger partial charge in [-0.05, 0) is 36.7 Å². The molecule has 3 rings (SSSR count). The maximum absolute atomic E-state index is 14.0. The van der Waals surface area contributed by atoms with Gasteiger partial charge in [-0.3, -0.25) is 9.67 Å². The summed E-state index contributed by atoms with van der Waals surface area (Å²) in [6, 6.07) is 10.4. The van der Waals surface area contributed by atoms with E-state index in [1.807, 2.05) is 35.1 Å². The smallest absolute Gasteiger partial charge is 0.196 e. The Morgan fingerprint density at radius 1 is 1.30 bits per heavy atom. The van der Waals surface area contributed by atoms with Crippen LogP contribution >= 0.6 is 23.6 Å². The van der Waals surface area contributed by atoms with Crippen LogP contribution < -0.4 is 0 Å². The van der Waals surface area contributed by atoms with Crippen molar-refractivity contribution in [3.63, 3.8) is 0 Å². The number of H-pyrrole nitrogens is 1. The van der Waals surface area contributed by atoms with Crippen LogP contribution in [-0.4, -0.2) is 14.8 Å². The third-order valence-corrected chi connectivity index (χ3v) is 4.34. The van der Waals surface area contributed by atoms with Crippen LogP contribution in [0.4, 0.5) is 4.39 Å². The van der Waals surface area contributed by atoms with Crippen LogP contribution in [0.25, 0.3) is 10.7 Å². The lowest BCUT2D eigenvalue weighted by molar-refractivity contribution is 0.556. The fourth-order valence-corrected chi connectivity index (χ4v) is 3.20. The molecule has 102 valence electrons. The largest absolute Gasteiger partial charge is 0.292 e. The van der Waals surface area contributed by atoms with Gasteiger partial charge in [-0.2, -0.15) is 5.10 Å². The number of aromatic nitrogens is 3. The van der Waals surface area contributed by atoms with Crippen molar-refractivity contribution in [3.8, 4) is 10.7 Å². The van der Waals surface area contributed by atoms with E-state index < -0.39 is 0 Å². The number of hydrogen-bond acceptors (Lipinski definition) is 3. The second-order valence-corrected chi connectivity index (χ2v) is 5.73. The van der Waals surface area contributed by atoms with Crippen molar-refractivity contribution >= 4 is 23.6 Å². The van der Waals surface area contributed by atoms with Gasteiger partial charge in [0.2, 0.25) is 0 Å². The molecule has 3 aromatic rings. The third kappa shape index (κ3) is 2.21. The minimum Gasteiger partial charge on any atom is -0.292 e. The lowest BCUT2D eigenvalue weighted by atomic mass is 10.1. The number of nitrogens with zero attached hydrogens (tertiary/aromatic N) is 2. The van der Waals surface area contributed by atoms with E-state index in [1.165, 1.54) is 6.07 Å².